The zero-order chi connectivity index (χ0) is 11.9. The average molecular weight is 263 g/mol. The number of aromatic nitrogens is 1. The summed E-state index contributed by atoms with van der Waals surface area (Å²) >= 11 is 1.80. The van der Waals surface area contributed by atoms with E-state index in [4.69, 9.17) is 0 Å². The van der Waals surface area contributed by atoms with Crippen LogP contribution in [0.25, 0.3) is 0 Å². The van der Waals surface area contributed by atoms with Crippen molar-refractivity contribution in [3.8, 4) is 0 Å². The molecular formula is C14H21N3S. The molecule has 2 saturated carbocycles. The second-order valence-electron chi connectivity index (χ2n) is 6.15. The first kappa shape index (κ1) is 11.4. The smallest absolute Gasteiger partial charge is 0.0794 e. The number of nitrogens with one attached hydrogen (secondary N) is 1. The Morgan fingerprint density at radius 3 is 2.78 bits per heavy atom. The number of rotatable bonds is 4. The Hall–Kier alpha value is -0.450. The maximum Gasteiger partial charge on any atom is 0.0794 e. The van der Waals surface area contributed by atoms with Crippen molar-refractivity contribution in [2.75, 3.05) is 13.1 Å². The van der Waals surface area contributed by atoms with Crippen LogP contribution in [0, 0.1) is 11.8 Å². The molecule has 1 N–H and O–H groups in total. The average Bonchev–Trinajstić information content (AvgIpc) is 3.29. The molecule has 1 aromatic rings. The van der Waals surface area contributed by atoms with Crippen molar-refractivity contribution in [3.05, 3.63) is 16.6 Å². The second-order valence-corrected chi connectivity index (χ2v) is 7.13. The molecule has 18 heavy (non-hydrogen) atoms. The fraction of sp³-hybridized carbons (Fsp3) is 0.786. The predicted molar refractivity (Wildman–Crippen MR) is 73.6 cm³/mol. The number of hydrogen-bond acceptors (Lipinski definition) is 4. The van der Waals surface area contributed by atoms with Gasteiger partial charge in [-0.25, -0.2) is 0 Å². The van der Waals surface area contributed by atoms with Crippen molar-refractivity contribution in [2.45, 2.75) is 44.3 Å². The highest BCUT2D eigenvalue weighted by molar-refractivity contribution is 7.09. The summed E-state index contributed by atoms with van der Waals surface area (Å²) in [4.78, 5) is 8.38. The van der Waals surface area contributed by atoms with Gasteiger partial charge in [0.15, 0.2) is 0 Å². The van der Waals surface area contributed by atoms with Crippen LogP contribution in [0.3, 0.4) is 0 Å². The fourth-order valence-electron chi connectivity index (χ4n) is 3.32. The molecule has 4 rings (SSSR count). The molecule has 4 heteroatoms. The van der Waals surface area contributed by atoms with Crippen LogP contribution >= 0.6 is 11.3 Å². The van der Waals surface area contributed by atoms with Gasteiger partial charge in [-0.1, -0.05) is 0 Å². The summed E-state index contributed by atoms with van der Waals surface area (Å²) in [6, 6.07) is 1.54. The first-order valence-electron chi connectivity index (χ1n) is 7.25. The van der Waals surface area contributed by atoms with Gasteiger partial charge in [-0.15, -0.1) is 11.3 Å². The van der Waals surface area contributed by atoms with E-state index in [-0.39, 0.29) is 0 Å². The predicted octanol–water partition coefficient (Wildman–Crippen LogP) is 2.11. The van der Waals surface area contributed by atoms with E-state index in [2.05, 4.69) is 15.2 Å². The van der Waals surface area contributed by atoms with E-state index >= 15 is 0 Å². The third kappa shape index (κ3) is 2.33. The van der Waals surface area contributed by atoms with Crippen LogP contribution in [-0.4, -0.2) is 35.1 Å². The molecule has 98 valence electrons. The minimum atomic E-state index is 0.757. The number of nitrogens with zero attached hydrogens (tertiary/aromatic N) is 2. The van der Waals surface area contributed by atoms with Gasteiger partial charge in [0.25, 0.3) is 0 Å². The summed E-state index contributed by atoms with van der Waals surface area (Å²) in [5.74, 6) is 1.93. The Labute approximate surface area is 113 Å². The molecule has 0 aromatic carbocycles. The number of thiazole rings is 1. The van der Waals surface area contributed by atoms with Crippen LogP contribution in [0.4, 0.5) is 0 Å². The van der Waals surface area contributed by atoms with Crippen LogP contribution in [-0.2, 0) is 6.54 Å². The van der Waals surface area contributed by atoms with Crippen LogP contribution in [0.15, 0.2) is 11.7 Å². The summed E-state index contributed by atoms with van der Waals surface area (Å²) in [6.45, 7) is 3.59. The van der Waals surface area contributed by atoms with E-state index in [0.717, 1.165) is 30.5 Å². The molecular weight excluding hydrogens is 242 g/mol. The van der Waals surface area contributed by atoms with E-state index in [1.807, 2.05) is 11.7 Å². The summed E-state index contributed by atoms with van der Waals surface area (Å²) in [5.41, 5.74) is 1.96. The molecule has 3 aliphatic rings. The molecule has 1 aliphatic heterocycles. The normalized spacial score (nSPS) is 33.8. The molecule has 0 bridgehead atoms. The van der Waals surface area contributed by atoms with Gasteiger partial charge in [0.1, 0.15) is 0 Å². The topological polar surface area (TPSA) is 28.2 Å². The summed E-state index contributed by atoms with van der Waals surface area (Å²) in [5, 5.41) is 3.81. The zero-order valence-electron chi connectivity index (χ0n) is 10.7. The Kier molecular flexibility index (Phi) is 2.90. The third-order valence-corrected chi connectivity index (χ3v) is 5.45. The second kappa shape index (κ2) is 4.58. The Morgan fingerprint density at radius 2 is 2.11 bits per heavy atom. The molecule has 0 spiro atoms. The highest BCUT2D eigenvalue weighted by atomic mass is 32.1. The molecule has 2 heterocycles. The lowest BCUT2D eigenvalue weighted by Gasteiger charge is -2.40. The van der Waals surface area contributed by atoms with E-state index in [1.54, 1.807) is 11.3 Å². The minimum absolute atomic E-state index is 0.757. The molecule has 0 amide bonds. The molecule has 3 nitrogen and oxygen atoms in total. The van der Waals surface area contributed by atoms with Gasteiger partial charge in [-0.05, 0) is 37.5 Å². The maximum absolute atomic E-state index is 4.22. The summed E-state index contributed by atoms with van der Waals surface area (Å²) in [6.07, 6.45) is 7.82. The van der Waals surface area contributed by atoms with Gasteiger partial charge in [0.2, 0.25) is 0 Å². The third-order valence-electron chi connectivity index (χ3n) is 4.69. The van der Waals surface area contributed by atoms with E-state index < -0.39 is 0 Å². The fourth-order valence-corrected chi connectivity index (χ4v) is 3.94. The maximum atomic E-state index is 4.22. The Morgan fingerprint density at radius 1 is 1.28 bits per heavy atom. The molecule has 1 saturated heterocycles. The van der Waals surface area contributed by atoms with Gasteiger partial charge in [-0.2, -0.15) is 0 Å². The minimum Gasteiger partial charge on any atom is -0.311 e. The largest absolute Gasteiger partial charge is 0.311 e. The monoisotopic (exact) mass is 263 g/mol. The van der Waals surface area contributed by atoms with Crippen molar-refractivity contribution in [1.82, 2.24) is 15.2 Å². The van der Waals surface area contributed by atoms with Gasteiger partial charge in [0, 0.05) is 42.8 Å². The molecule has 2 aliphatic carbocycles. The Bertz CT molecular complexity index is 397. The first-order valence-corrected chi connectivity index (χ1v) is 8.13. The number of piperazine rings is 1. The highest BCUT2D eigenvalue weighted by Gasteiger charge is 2.42. The van der Waals surface area contributed by atoms with E-state index in [9.17, 15) is 0 Å². The molecule has 2 unspecified atom stereocenters. The van der Waals surface area contributed by atoms with Gasteiger partial charge in [0.05, 0.1) is 5.51 Å². The zero-order valence-corrected chi connectivity index (χ0v) is 11.5. The number of hydrogen-bond donors (Lipinski definition) is 1. The SMILES string of the molecule is c1ncc(CN2CC(C3CC3)NCC2C2CC2)s1. The van der Waals surface area contributed by atoms with Crippen molar-refractivity contribution >= 4 is 11.3 Å². The molecule has 0 radical (unpaired) electrons. The first-order chi connectivity index (χ1) is 8.90. The summed E-state index contributed by atoms with van der Waals surface area (Å²) in [7, 11) is 0. The Balaban J connectivity index is 1.46. The van der Waals surface area contributed by atoms with E-state index in [1.165, 1.54) is 43.6 Å². The van der Waals surface area contributed by atoms with Crippen LogP contribution in [0.5, 0.6) is 0 Å². The van der Waals surface area contributed by atoms with Gasteiger partial charge >= 0.3 is 0 Å². The standard InChI is InChI=1S/C14H21N3S/c1-2-10(1)13-8-17(7-12-5-15-9-18-12)14(6-16-13)11-3-4-11/h5,9-11,13-14,16H,1-4,6-8H2. The van der Waals surface area contributed by atoms with Gasteiger partial charge in [-0.3, -0.25) is 9.88 Å². The highest BCUT2D eigenvalue weighted by Crippen LogP contribution is 2.40. The lowest BCUT2D eigenvalue weighted by atomic mass is 10.0. The van der Waals surface area contributed by atoms with Crippen molar-refractivity contribution in [2.24, 2.45) is 11.8 Å². The molecule has 2 atom stereocenters. The van der Waals surface area contributed by atoms with Crippen molar-refractivity contribution in [1.29, 1.82) is 0 Å². The van der Waals surface area contributed by atoms with Crippen LogP contribution < -0.4 is 5.32 Å². The summed E-state index contributed by atoms with van der Waals surface area (Å²) < 4.78 is 0. The lowest BCUT2D eigenvalue weighted by Crippen LogP contribution is -2.57. The van der Waals surface area contributed by atoms with Crippen LogP contribution in [0.1, 0.15) is 30.6 Å². The van der Waals surface area contributed by atoms with Crippen molar-refractivity contribution in [3.63, 3.8) is 0 Å². The van der Waals surface area contributed by atoms with Crippen molar-refractivity contribution < 1.29 is 0 Å². The quantitative estimate of drug-likeness (QED) is 0.902. The van der Waals surface area contributed by atoms with Gasteiger partial charge < -0.3 is 5.32 Å². The molecule has 3 fully saturated rings. The van der Waals surface area contributed by atoms with Crippen LogP contribution in [0.2, 0.25) is 0 Å². The lowest BCUT2D eigenvalue weighted by molar-refractivity contribution is 0.101. The van der Waals surface area contributed by atoms with E-state index in [0.29, 0.717) is 0 Å². The molecule has 1 aromatic heterocycles.